The lowest BCUT2D eigenvalue weighted by atomic mass is 10.0. The molecule has 0 spiro atoms. The molecule has 0 saturated heterocycles. The van der Waals surface area contributed by atoms with Gasteiger partial charge in [-0.3, -0.25) is 9.59 Å². The van der Waals surface area contributed by atoms with Crippen LogP contribution < -0.4 is 9.47 Å². The molecule has 8 heteroatoms. The summed E-state index contributed by atoms with van der Waals surface area (Å²) < 4.78 is 17.9. The predicted octanol–water partition coefficient (Wildman–Crippen LogP) is 8.88. The summed E-state index contributed by atoms with van der Waals surface area (Å²) in [5.41, 5.74) is 5.84. The van der Waals surface area contributed by atoms with Crippen molar-refractivity contribution >= 4 is 22.8 Å². The zero-order valence-corrected chi connectivity index (χ0v) is 27.6. The van der Waals surface area contributed by atoms with Gasteiger partial charge in [-0.1, -0.05) is 90.6 Å². The van der Waals surface area contributed by atoms with Crippen LogP contribution in [0.2, 0.25) is 0 Å². The Morgan fingerprint density at radius 2 is 1.12 bits per heavy atom. The molecule has 7 nitrogen and oxygen atoms in total. The van der Waals surface area contributed by atoms with Crippen LogP contribution in [0.3, 0.4) is 0 Å². The van der Waals surface area contributed by atoms with Crippen LogP contribution in [0, 0.1) is 22.7 Å². The van der Waals surface area contributed by atoms with Gasteiger partial charge in [-0.2, -0.15) is 10.5 Å². The summed E-state index contributed by atoms with van der Waals surface area (Å²) in [4.78, 5) is 25.2. The van der Waals surface area contributed by atoms with Gasteiger partial charge in [-0.05, 0) is 77.2 Å². The molecule has 0 N–H and O–H groups in total. The van der Waals surface area contributed by atoms with Crippen molar-refractivity contribution in [1.82, 2.24) is 0 Å². The lowest BCUT2D eigenvalue weighted by Crippen LogP contribution is -2.27. The third kappa shape index (κ3) is 10.6. The van der Waals surface area contributed by atoms with Gasteiger partial charge in [-0.25, -0.2) is 0 Å². The fraction of sp³-hybridized carbons (Fsp3) is 0.171. The number of thioether (sulfide) groups is 1. The highest BCUT2D eigenvalue weighted by molar-refractivity contribution is 8.14. The van der Waals surface area contributed by atoms with Crippen molar-refractivity contribution in [2.75, 3.05) is 19.0 Å². The monoisotopic (exact) mass is 666 g/mol. The normalized spacial score (nSPS) is 11.1. The van der Waals surface area contributed by atoms with Crippen molar-refractivity contribution < 1.29 is 23.8 Å². The van der Waals surface area contributed by atoms with Gasteiger partial charge in [0.15, 0.2) is 0 Å². The van der Waals surface area contributed by atoms with E-state index in [-0.39, 0.29) is 24.1 Å². The first-order valence-electron chi connectivity index (χ1n) is 15.9. The second-order valence-corrected chi connectivity index (χ2v) is 12.2. The largest absolute Gasteiger partial charge is 0.493 e. The first-order valence-corrected chi connectivity index (χ1v) is 16.9. The molecule has 0 saturated carbocycles. The van der Waals surface area contributed by atoms with E-state index in [1.807, 2.05) is 91.0 Å². The number of ether oxygens (including phenoxy) is 3. The first kappa shape index (κ1) is 34.5. The van der Waals surface area contributed by atoms with Gasteiger partial charge in [0.25, 0.3) is 0 Å². The van der Waals surface area contributed by atoms with E-state index in [0.717, 1.165) is 22.3 Å². The van der Waals surface area contributed by atoms with Crippen LogP contribution in [-0.2, 0) is 9.53 Å². The summed E-state index contributed by atoms with van der Waals surface area (Å²) in [5.74, 6) is 1.47. The van der Waals surface area contributed by atoms with Crippen LogP contribution in [0.1, 0.15) is 40.7 Å². The Morgan fingerprint density at radius 3 is 1.63 bits per heavy atom. The summed E-state index contributed by atoms with van der Waals surface area (Å²) in [6.07, 6.45) is 0.548. The van der Waals surface area contributed by atoms with E-state index < -0.39 is 6.10 Å². The molecular weight excluding hydrogens is 633 g/mol. The van der Waals surface area contributed by atoms with E-state index in [2.05, 4.69) is 12.1 Å². The van der Waals surface area contributed by atoms with Crippen LogP contribution in [0.25, 0.3) is 22.3 Å². The van der Waals surface area contributed by atoms with E-state index in [0.29, 0.717) is 53.4 Å². The first-order chi connectivity index (χ1) is 24.0. The topological polar surface area (TPSA) is 109 Å². The molecule has 5 rings (SSSR count). The minimum Gasteiger partial charge on any atom is -0.493 e. The standard InChI is InChI=1S/C41H34N2O5S/c42-27-30-8-12-32(13-9-30)34-16-20-37(21-17-34)46-25-24-39(48-40(44)7-4-26-49-41(45)36-5-2-1-3-6-36)29-47-38-22-18-35(19-23-38)33-14-10-31(28-43)11-15-33/h1-3,5-6,8-23,39H,4,7,24-26,29H2. The number of rotatable bonds is 15. The van der Waals surface area contributed by atoms with Crippen molar-refractivity contribution in [2.45, 2.75) is 25.4 Å². The maximum Gasteiger partial charge on any atom is 0.306 e. The van der Waals surface area contributed by atoms with Crippen LogP contribution in [0.5, 0.6) is 11.5 Å². The van der Waals surface area contributed by atoms with Crippen LogP contribution in [-0.4, -0.2) is 36.2 Å². The van der Waals surface area contributed by atoms with Crippen molar-refractivity contribution in [3.63, 3.8) is 0 Å². The zero-order chi connectivity index (χ0) is 34.3. The van der Waals surface area contributed by atoms with Crippen molar-refractivity contribution in [1.29, 1.82) is 10.5 Å². The van der Waals surface area contributed by atoms with Gasteiger partial charge in [0.05, 0.1) is 29.9 Å². The number of nitrogens with zero attached hydrogens (tertiary/aromatic N) is 2. The molecule has 244 valence electrons. The Bertz CT molecular complexity index is 1900. The van der Waals surface area contributed by atoms with Gasteiger partial charge in [0.2, 0.25) is 5.12 Å². The smallest absolute Gasteiger partial charge is 0.306 e. The fourth-order valence-electron chi connectivity index (χ4n) is 4.92. The van der Waals surface area contributed by atoms with E-state index in [1.165, 1.54) is 11.8 Å². The number of esters is 1. The van der Waals surface area contributed by atoms with Crippen molar-refractivity contribution in [3.8, 4) is 45.9 Å². The maximum atomic E-state index is 12.8. The molecule has 49 heavy (non-hydrogen) atoms. The molecule has 0 aliphatic carbocycles. The van der Waals surface area contributed by atoms with Gasteiger partial charge >= 0.3 is 5.97 Å². The van der Waals surface area contributed by atoms with Gasteiger partial charge in [0.1, 0.15) is 24.2 Å². The van der Waals surface area contributed by atoms with Crippen molar-refractivity contribution in [2.24, 2.45) is 0 Å². The molecule has 0 fully saturated rings. The summed E-state index contributed by atoms with van der Waals surface area (Å²) in [7, 11) is 0. The number of nitriles is 2. The summed E-state index contributed by atoms with van der Waals surface area (Å²) in [5, 5.41) is 18.1. The lowest BCUT2D eigenvalue weighted by Gasteiger charge is -2.19. The Morgan fingerprint density at radius 1 is 0.633 bits per heavy atom. The van der Waals surface area contributed by atoms with E-state index in [9.17, 15) is 9.59 Å². The lowest BCUT2D eigenvalue weighted by molar-refractivity contribution is -0.151. The number of benzene rings is 5. The molecule has 0 amide bonds. The third-order valence-electron chi connectivity index (χ3n) is 7.61. The van der Waals surface area contributed by atoms with Crippen LogP contribution in [0.15, 0.2) is 127 Å². The maximum absolute atomic E-state index is 12.8. The van der Waals surface area contributed by atoms with Gasteiger partial charge < -0.3 is 14.2 Å². The zero-order valence-electron chi connectivity index (χ0n) is 26.8. The molecule has 0 aliphatic rings. The minimum absolute atomic E-state index is 0.0208. The van der Waals surface area contributed by atoms with E-state index in [4.69, 9.17) is 24.7 Å². The second kappa shape index (κ2) is 17.9. The van der Waals surface area contributed by atoms with Gasteiger partial charge in [0, 0.05) is 24.2 Å². The van der Waals surface area contributed by atoms with Crippen molar-refractivity contribution in [3.05, 3.63) is 144 Å². The number of hydrogen-bond donors (Lipinski definition) is 0. The Balaban J connectivity index is 1.14. The minimum atomic E-state index is -0.553. The van der Waals surface area contributed by atoms with Crippen LogP contribution in [0.4, 0.5) is 0 Å². The SMILES string of the molecule is N#Cc1ccc(-c2ccc(OCCC(COc3ccc(-c4ccc(C#N)cc4)cc3)OC(=O)CCCSC(=O)c3ccccc3)cc2)cc1. The second-order valence-electron chi connectivity index (χ2n) is 11.1. The van der Waals surface area contributed by atoms with E-state index >= 15 is 0 Å². The average Bonchev–Trinajstić information content (AvgIpc) is 3.16. The molecule has 5 aromatic carbocycles. The molecule has 0 bridgehead atoms. The Hall–Kier alpha value is -5.83. The molecule has 0 aliphatic heterocycles. The molecule has 1 unspecified atom stereocenters. The highest BCUT2D eigenvalue weighted by Gasteiger charge is 2.17. The molecule has 0 heterocycles. The molecule has 0 aromatic heterocycles. The summed E-state index contributed by atoms with van der Waals surface area (Å²) in [6.45, 7) is 0.445. The Labute approximate surface area is 290 Å². The highest BCUT2D eigenvalue weighted by Crippen LogP contribution is 2.25. The fourth-order valence-corrected chi connectivity index (χ4v) is 5.70. The quantitative estimate of drug-likeness (QED) is 0.0805. The van der Waals surface area contributed by atoms with Gasteiger partial charge in [-0.15, -0.1) is 0 Å². The Kier molecular flexibility index (Phi) is 12.6. The average molecular weight is 667 g/mol. The third-order valence-corrected chi connectivity index (χ3v) is 8.60. The molecule has 0 radical (unpaired) electrons. The number of carbonyl (C=O) groups excluding carboxylic acids is 2. The predicted molar refractivity (Wildman–Crippen MR) is 191 cm³/mol. The molecule has 1 atom stereocenters. The highest BCUT2D eigenvalue weighted by atomic mass is 32.2. The summed E-state index contributed by atoms with van der Waals surface area (Å²) >= 11 is 1.19. The molecular formula is C41H34N2O5S. The number of hydrogen-bond acceptors (Lipinski definition) is 8. The number of carbonyl (C=O) groups is 2. The molecule has 5 aromatic rings. The van der Waals surface area contributed by atoms with Crippen LogP contribution >= 0.6 is 11.8 Å². The summed E-state index contributed by atoms with van der Waals surface area (Å²) in [6, 6.07) is 43.4. The van der Waals surface area contributed by atoms with E-state index in [1.54, 1.807) is 36.4 Å².